The maximum Gasteiger partial charge on any atom is -0.00999 e. The molecule has 0 amide bonds. The lowest BCUT2D eigenvalue weighted by molar-refractivity contribution is 0.886. The van der Waals surface area contributed by atoms with E-state index in [9.17, 15) is 0 Å². The first-order valence-electron chi connectivity index (χ1n) is 7.81. The second-order valence-electron chi connectivity index (χ2n) is 4.68. The first-order chi connectivity index (χ1) is 9.71. The fraction of sp³-hybridized carbons (Fsp3) is 0.400. The summed E-state index contributed by atoms with van der Waals surface area (Å²) < 4.78 is 0. The number of aryl methyl sites for hydroxylation is 1. The SMILES string of the molecule is C=CCc1ccc2cc(C)ccc2c1.CC.CCCC. The number of fused-ring (bicyclic) bond motifs is 1. The van der Waals surface area contributed by atoms with Crippen LogP contribution in [0.2, 0.25) is 0 Å². The third-order valence-electron chi connectivity index (χ3n) is 2.94. The fourth-order valence-electron chi connectivity index (χ4n) is 1.71. The topological polar surface area (TPSA) is 0 Å². The third-order valence-corrected chi connectivity index (χ3v) is 2.94. The molecular weight excluding hydrogens is 240 g/mol. The normalized spacial score (nSPS) is 9.05. The minimum atomic E-state index is 0.948. The van der Waals surface area contributed by atoms with Gasteiger partial charge in [0.1, 0.15) is 0 Å². The maximum atomic E-state index is 3.75. The molecule has 0 heteroatoms. The molecule has 0 bridgehead atoms. The second-order valence-corrected chi connectivity index (χ2v) is 4.68. The summed E-state index contributed by atoms with van der Waals surface area (Å²) in [6.07, 6.45) is 5.53. The van der Waals surface area contributed by atoms with Crippen LogP contribution >= 0.6 is 0 Å². The minimum Gasteiger partial charge on any atom is -0.103 e. The van der Waals surface area contributed by atoms with E-state index in [0.717, 1.165) is 6.42 Å². The number of benzene rings is 2. The summed E-state index contributed by atoms with van der Waals surface area (Å²) >= 11 is 0. The summed E-state index contributed by atoms with van der Waals surface area (Å²) in [5.74, 6) is 0. The van der Waals surface area contributed by atoms with E-state index in [1.807, 2.05) is 19.9 Å². The van der Waals surface area contributed by atoms with Gasteiger partial charge in [-0.15, -0.1) is 6.58 Å². The highest BCUT2D eigenvalue weighted by Gasteiger charge is 1.95. The number of hydrogen-bond donors (Lipinski definition) is 0. The van der Waals surface area contributed by atoms with Crippen LogP contribution in [-0.4, -0.2) is 0 Å². The molecule has 2 rings (SSSR count). The highest BCUT2D eigenvalue weighted by atomic mass is 14.0. The van der Waals surface area contributed by atoms with Crippen molar-refractivity contribution >= 4 is 10.8 Å². The van der Waals surface area contributed by atoms with Gasteiger partial charge < -0.3 is 0 Å². The minimum absolute atomic E-state index is 0.948. The van der Waals surface area contributed by atoms with Crippen molar-refractivity contribution in [2.75, 3.05) is 0 Å². The van der Waals surface area contributed by atoms with Crippen LogP contribution in [0.3, 0.4) is 0 Å². The molecule has 0 aliphatic rings. The van der Waals surface area contributed by atoms with Gasteiger partial charge in [-0.05, 0) is 29.7 Å². The summed E-state index contributed by atoms with van der Waals surface area (Å²) in [7, 11) is 0. The smallest absolute Gasteiger partial charge is 0.00999 e. The van der Waals surface area contributed by atoms with Crippen LogP contribution in [0.5, 0.6) is 0 Å². The quantitative estimate of drug-likeness (QED) is 0.544. The lowest BCUT2D eigenvalue weighted by Gasteiger charge is -2.02. The van der Waals surface area contributed by atoms with Gasteiger partial charge in [0.2, 0.25) is 0 Å². The van der Waals surface area contributed by atoms with E-state index in [4.69, 9.17) is 0 Å². The Balaban J connectivity index is 0.000000521. The van der Waals surface area contributed by atoms with Gasteiger partial charge in [-0.1, -0.05) is 88.6 Å². The zero-order valence-electron chi connectivity index (χ0n) is 13.9. The van der Waals surface area contributed by atoms with Crippen molar-refractivity contribution in [3.05, 3.63) is 60.2 Å². The van der Waals surface area contributed by atoms with E-state index in [1.165, 1.54) is 34.7 Å². The molecule has 0 atom stereocenters. The first kappa shape index (κ1) is 18.4. The molecular formula is C20H30. The van der Waals surface area contributed by atoms with E-state index >= 15 is 0 Å². The largest absolute Gasteiger partial charge is 0.103 e. The number of rotatable bonds is 3. The molecule has 2 aromatic carbocycles. The highest BCUT2D eigenvalue weighted by Crippen LogP contribution is 2.17. The molecule has 0 aliphatic heterocycles. The van der Waals surface area contributed by atoms with Gasteiger partial charge in [0, 0.05) is 0 Å². The Morgan fingerprint density at radius 1 is 0.900 bits per heavy atom. The zero-order valence-corrected chi connectivity index (χ0v) is 13.9. The molecule has 0 radical (unpaired) electrons. The van der Waals surface area contributed by atoms with Crippen molar-refractivity contribution in [3.63, 3.8) is 0 Å². The monoisotopic (exact) mass is 270 g/mol. The van der Waals surface area contributed by atoms with Gasteiger partial charge in [-0.2, -0.15) is 0 Å². The summed E-state index contributed by atoms with van der Waals surface area (Å²) in [6.45, 7) is 14.2. The summed E-state index contributed by atoms with van der Waals surface area (Å²) in [5, 5.41) is 2.63. The molecule has 0 aliphatic carbocycles. The van der Waals surface area contributed by atoms with Crippen molar-refractivity contribution in [1.29, 1.82) is 0 Å². The molecule has 0 nitrogen and oxygen atoms in total. The van der Waals surface area contributed by atoms with Crippen molar-refractivity contribution in [1.82, 2.24) is 0 Å². The van der Waals surface area contributed by atoms with Gasteiger partial charge in [0.15, 0.2) is 0 Å². The van der Waals surface area contributed by atoms with Gasteiger partial charge in [0.25, 0.3) is 0 Å². The predicted molar refractivity (Wildman–Crippen MR) is 94.5 cm³/mol. The molecule has 0 N–H and O–H groups in total. The van der Waals surface area contributed by atoms with Crippen LogP contribution in [0.4, 0.5) is 0 Å². The lowest BCUT2D eigenvalue weighted by atomic mass is 10.0. The number of allylic oxidation sites excluding steroid dienone is 1. The average molecular weight is 270 g/mol. The number of unbranched alkanes of at least 4 members (excludes halogenated alkanes) is 1. The van der Waals surface area contributed by atoms with E-state index in [-0.39, 0.29) is 0 Å². The van der Waals surface area contributed by atoms with Crippen molar-refractivity contribution in [2.45, 2.75) is 53.9 Å². The average Bonchev–Trinajstić information content (AvgIpc) is 2.50. The Labute approximate surface area is 125 Å². The lowest BCUT2D eigenvalue weighted by Crippen LogP contribution is -1.81. The fourth-order valence-corrected chi connectivity index (χ4v) is 1.71. The Bertz CT molecular complexity index is 492. The van der Waals surface area contributed by atoms with Crippen LogP contribution in [0.1, 0.15) is 51.7 Å². The van der Waals surface area contributed by atoms with Crippen LogP contribution < -0.4 is 0 Å². The Morgan fingerprint density at radius 2 is 1.45 bits per heavy atom. The zero-order chi connectivity index (χ0) is 15.4. The molecule has 0 fully saturated rings. The standard InChI is InChI=1S/C14H14.C4H10.C2H6/c1-3-4-12-6-8-13-9-11(2)5-7-14(13)10-12;1-3-4-2;1-2/h3,5-10H,1,4H2,2H3;3-4H2,1-2H3;1-2H3. The van der Waals surface area contributed by atoms with Crippen molar-refractivity contribution < 1.29 is 0 Å². The van der Waals surface area contributed by atoms with Crippen LogP contribution in [0.15, 0.2) is 49.1 Å². The molecule has 0 saturated carbocycles. The van der Waals surface area contributed by atoms with Crippen molar-refractivity contribution in [2.24, 2.45) is 0 Å². The predicted octanol–water partition coefficient (Wildman–Crippen LogP) is 6.71. The molecule has 0 aromatic heterocycles. The van der Waals surface area contributed by atoms with Crippen molar-refractivity contribution in [3.8, 4) is 0 Å². The molecule has 0 heterocycles. The van der Waals surface area contributed by atoms with Gasteiger partial charge >= 0.3 is 0 Å². The molecule has 2 aromatic rings. The van der Waals surface area contributed by atoms with Crippen LogP contribution in [0.25, 0.3) is 10.8 Å². The molecule has 0 saturated heterocycles. The highest BCUT2D eigenvalue weighted by molar-refractivity contribution is 5.83. The van der Waals surface area contributed by atoms with E-state index in [2.05, 4.69) is 63.7 Å². The van der Waals surface area contributed by atoms with Gasteiger partial charge in [0.05, 0.1) is 0 Å². The first-order valence-corrected chi connectivity index (χ1v) is 7.81. The van der Waals surface area contributed by atoms with E-state index in [1.54, 1.807) is 0 Å². The molecule has 20 heavy (non-hydrogen) atoms. The van der Waals surface area contributed by atoms with E-state index in [0.29, 0.717) is 0 Å². The van der Waals surface area contributed by atoms with Crippen LogP contribution in [-0.2, 0) is 6.42 Å². The van der Waals surface area contributed by atoms with E-state index < -0.39 is 0 Å². The Morgan fingerprint density at radius 3 is 2.00 bits per heavy atom. The number of hydrogen-bond acceptors (Lipinski definition) is 0. The molecule has 110 valence electrons. The Kier molecular flexibility index (Phi) is 10.4. The Hall–Kier alpha value is -1.56. The summed E-state index contributed by atoms with van der Waals surface area (Å²) in [6, 6.07) is 13.1. The summed E-state index contributed by atoms with van der Waals surface area (Å²) in [4.78, 5) is 0. The maximum absolute atomic E-state index is 3.75. The third kappa shape index (κ3) is 6.56. The molecule has 0 spiro atoms. The molecule has 0 unspecified atom stereocenters. The summed E-state index contributed by atoms with van der Waals surface area (Å²) in [5.41, 5.74) is 2.64. The van der Waals surface area contributed by atoms with Crippen LogP contribution in [0, 0.1) is 6.92 Å². The van der Waals surface area contributed by atoms with Gasteiger partial charge in [-0.3, -0.25) is 0 Å². The van der Waals surface area contributed by atoms with Gasteiger partial charge in [-0.25, -0.2) is 0 Å². The second kappa shape index (κ2) is 11.3.